The van der Waals surface area contributed by atoms with E-state index in [1.807, 2.05) is 11.0 Å². The maximum absolute atomic E-state index is 12.4. The third-order valence-corrected chi connectivity index (χ3v) is 4.27. The van der Waals surface area contributed by atoms with E-state index in [-0.39, 0.29) is 23.9 Å². The molecule has 1 aromatic carbocycles. The second-order valence-electron chi connectivity index (χ2n) is 6.04. The Morgan fingerprint density at radius 2 is 1.92 bits per heavy atom. The van der Waals surface area contributed by atoms with Gasteiger partial charge in [-0.3, -0.25) is 14.4 Å². The number of carbonyl (C=O) groups excluding carboxylic acids is 2. The molecule has 1 aromatic heterocycles. The molecule has 0 aliphatic carbocycles. The first-order valence-corrected chi connectivity index (χ1v) is 8.54. The molecular weight excluding hydrogens is 334 g/mol. The number of amides is 2. The van der Waals surface area contributed by atoms with E-state index < -0.39 is 0 Å². The number of hydrogen-bond donors (Lipinski definition) is 2. The van der Waals surface area contributed by atoms with Gasteiger partial charge in [0.05, 0.1) is 12.9 Å². The number of anilines is 1. The molecule has 0 bridgehead atoms. The molecule has 1 fully saturated rings. The van der Waals surface area contributed by atoms with Crippen molar-refractivity contribution in [2.24, 2.45) is 0 Å². The van der Waals surface area contributed by atoms with Crippen LogP contribution in [-0.4, -0.2) is 59.4 Å². The zero-order valence-electron chi connectivity index (χ0n) is 14.4. The average molecular weight is 355 g/mol. The van der Waals surface area contributed by atoms with Crippen molar-refractivity contribution in [2.75, 3.05) is 37.6 Å². The van der Waals surface area contributed by atoms with Crippen molar-refractivity contribution in [3.05, 3.63) is 58.6 Å². The largest absolute Gasteiger partial charge is 0.355 e. The number of aromatic nitrogens is 2. The average Bonchev–Trinajstić information content (AvgIpc) is 2.93. The summed E-state index contributed by atoms with van der Waals surface area (Å²) in [5, 5.41) is 2.67. The van der Waals surface area contributed by atoms with Crippen LogP contribution in [0.1, 0.15) is 16.8 Å². The Balaban J connectivity index is 1.53. The van der Waals surface area contributed by atoms with Crippen LogP contribution in [-0.2, 0) is 4.79 Å². The zero-order chi connectivity index (χ0) is 18.4. The number of nitrogens with one attached hydrogen (secondary N) is 2. The van der Waals surface area contributed by atoms with Crippen LogP contribution in [0.25, 0.3) is 0 Å². The second kappa shape index (κ2) is 8.28. The van der Waals surface area contributed by atoms with E-state index in [4.69, 9.17) is 0 Å². The highest BCUT2D eigenvalue weighted by Gasteiger charge is 2.20. The molecule has 1 aliphatic heterocycles. The molecule has 8 heteroatoms. The highest BCUT2D eigenvalue weighted by molar-refractivity contribution is 5.96. The first-order valence-electron chi connectivity index (χ1n) is 8.54. The smallest absolute Gasteiger partial charge is 0.252 e. The van der Waals surface area contributed by atoms with Gasteiger partial charge in [0.25, 0.3) is 11.5 Å². The predicted octanol–water partition coefficient (Wildman–Crippen LogP) is 0.239. The van der Waals surface area contributed by atoms with Gasteiger partial charge in [0.15, 0.2) is 0 Å². The normalized spacial score (nSPS) is 14.6. The van der Waals surface area contributed by atoms with Crippen molar-refractivity contribution in [1.82, 2.24) is 20.2 Å². The summed E-state index contributed by atoms with van der Waals surface area (Å²) in [5.41, 5.74) is 0.332. The zero-order valence-corrected chi connectivity index (χ0v) is 14.4. The Labute approximate surface area is 150 Å². The van der Waals surface area contributed by atoms with E-state index in [1.54, 1.807) is 29.2 Å². The molecule has 1 aliphatic rings. The lowest BCUT2D eigenvalue weighted by Gasteiger charge is -2.22. The van der Waals surface area contributed by atoms with Crippen molar-refractivity contribution in [3.8, 4) is 0 Å². The van der Waals surface area contributed by atoms with Gasteiger partial charge in [0.2, 0.25) is 5.91 Å². The van der Waals surface area contributed by atoms with Gasteiger partial charge >= 0.3 is 0 Å². The standard InChI is InChI=1S/C18H21N5O3/c24-16-11-15(20-13-21-16)22-7-4-8-23(10-9-22)17(25)12-19-18(26)14-5-2-1-3-6-14/h1-3,5-6,11,13H,4,7-10,12H2,(H,19,26)(H,20,21,24). The van der Waals surface area contributed by atoms with E-state index in [1.165, 1.54) is 12.4 Å². The summed E-state index contributed by atoms with van der Waals surface area (Å²) >= 11 is 0. The predicted molar refractivity (Wildman–Crippen MR) is 97.0 cm³/mol. The first kappa shape index (κ1) is 17.7. The fourth-order valence-electron chi connectivity index (χ4n) is 2.89. The quantitative estimate of drug-likeness (QED) is 0.819. The van der Waals surface area contributed by atoms with Crippen molar-refractivity contribution >= 4 is 17.6 Å². The molecule has 0 saturated carbocycles. The summed E-state index contributed by atoms with van der Waals surface area (Å²) in [6.07, 6.45) is 2.15. The monoisotopic (exact) mass is 355 g/mol. The van der Waals surface area contributed by atoms with E-state index in [0.29, 0.717) is 31.0 Å². The molecule has 0 radical (unpaired) electrons. The molecule has 0 unspecified atom stereocenters. The molecule has 3 rings (SSSR count). The van der Waals surface area contributed by atoms with Crippen molar-refractivity contribution in [2.45, 2.75) is 6.42 Å². The van der Waals surface area contributed by atoms with Gasteiger partial charge in [-0.25, -0.2) is 4.98 Å². The number of benzene rings is 1. The van der Waals surface area contributed by atoms with Crippen LogP contribution in [0, 0.1) is 0 Å². The fraction of sp³-hybridized carbons (Fsp3) is 0.333. The highest BCUT2D eigenvalue weighted by Crippen LogP contribution is 2.11. The first-order chi connectivity index (χ1) is 12.6. The van der Waals surface area contributed by atoms with Crippen LogP contribution < -0.4 is 15.8 Å². The van der Waals surface area contributed by atoms with Gasteiger partial charge in [-0.1, -0.05) is 18.2 Å². The lowest BCUT2D eigenvalue weighted by Crippen LogP contribution is -2.42. The third kappa shape index (κ3) is 4.47. The van der Waals surface area contributed by atoms with Gasteiger partial charge < -0.3 is 20.1 Å². The van der Waals surface area contributed by atoms with Gasteiger partial charge in [-0.15, -0.1) is 0 Å². The maximum atomic E-state index is 12.4. The topological polar surface area (TPSA) is 98.4 Å². The summed E-state index contributed by atoms with van der Waals surface area (Å²) in [7, 11) is 0. The van der Waals surface area contributed by atoms with E-state index >= 15 is 0 Å². The van der Waals surface area contributed by atoms with Crippen LogP contribution in [0.3, 0.4) is 0 Å². The summed E-state index contributed by atoms with van der Waals surface area (Å²) in [5.74, 6) is 0.235. The molecule has 1 saturated heterocycles. The van der Waals surface area contributed by atoms with Crippen LogP contribution in [0.4, 0.5) is 5.82 Å². The number of rotatable bonds is 4. The Hall–Kier alpha value is -3.16. The molecular formula is C18H21N5O3. The summed E-state index contributed by atoms with van der Waals surface area (Å²) < 4.78 is 0. The van der Waals surface area contributed by atoms with E-state index in [9.17, 15) is 14.4 Å². The summed E-state index contributed by atoms with van der Waals surface area (Å²) in [6.45, 7) is 2.41. The summed E-state index contributed by atoms with van der Waals surface area (Å²) in [6, 6.07) is 10.3. The molecule has 0 spiro atoms. The van der Waals surface area contributed by atoms with E-state index in [2.05, 4.69) is 15.3 Å². The highest BCUT2D eigenvalue weighted by atomic mass is 16.2. The van der Waals surface area contributed by atoms with Gasteiger partial charge in [-0.05, 0) is 18.6 Å². The molecule has 136 valence electrons. The Morgan fingerprint density at radius 3 is 2.69 bits per heavy atom. The molecule has 2 aromatic rings. The number of H-pyrrole nitrogens is 1. The van der Waals surface area contributed by atoms with Crippen LogP contribution in [0.2, 0.25) is 0 Å². The van der Waals surface area contributed by atoms with Crippen LogP contribution in [0.15, 0.2) is 47.5 Å². The lowest BCUT2D eigenvalue weighted by molar-refractivity contribution is -0.129. The molecule has 0 atom stereocenters. The van der Waals surface area contributed by atoms with Crippen molar-refractivity contribution < 1.29 is 9.59 Å². The van der Waals surface area contributed by atoms with Crippen LogP contribution >= 0.6 is 0 Å². The van der Waals surface area contributed by atoms with Crippen LogP contribution in [0.5, 0.6) is 0 Å². The lowest BCUT2D eigenvalue weighted by atomic mass is 10.2. The van der Waals surface area contributed by atoms with Gasteiger partial charge in [0.1, 0.15) is 5.82 Å². The van der Waals surface area contributed by atoms with Crippen molar-refractivity contribution in [3.63, 3.8) is 0 Å². The van der Waals surface area contributed by atoms with E-state index in [0.717, 1.165) is 13.0 Å². The summed E-state index contributed by atoms with van der Waals surface area (Å²) in [4.78, 5) is 46.3. The Bertz CT molecular complexity index is 821. The molecule has 8 nitrogen and oxygen atoms in total. The number of nitrogens with zero attached hydrogens (tertiary/aromatic N) is 3. The third-order valence-electron chi connectivity index (χ3n) is 4.27. The second-order valence-corrected chi connectivity index (χ2v) is 6.04. The minimum atomic E-state index is -0.261. The number of aromatic amines is 1. The Kier molecular flexibility index (Phi) is 5.62. The van der Waals surface area contributed by atoms with Crippen molar-refractivity contribution in [1.29, 1.82) is 0 Å². The minimum absolute atomic E-state index is 0.0308. The molecule has 26 heavy (non-hydrogen) atoms. The molecule has 2 amide bonds. The fourth-order valence-corrected chi connectivity index (χ4v) is 2.89. The molecule has 2 N–H and O–H groups in total. The SMILES string of the molecule is O=C(NCC(=O)N1CCCN(c2cc(=O)[nH]cn2)CC1)c1ccccc1. The number of hydrogen-bond acceptors (Lipinski definition) is 5. The molecule has 2 heterocycles. The van der Waals surface area contributed by atoms with Gasteiger partial charge in [0, 0.05) is 37.8 Å². The van der Waals surface area contributed by atoms with Gasteiger partial charge in [-0.2, -0.15) is 0 Å². The maximum Gasteiger partial charge on any atom is 0.252 e. The minimum Gasteiger partial charge on any atom is -0.355 e. The number of carbonyl (C=O) groups is 2. The Morgan fingerprint density at radius 1 is 1.12 bits per heavy atom.